The number of aliphatic hydroxyl groups excluding tert-OH is 1. The number of aromatic hydroxyl groups is 1. The number of primary amides is 1. The van der Waals surface area contributed by atoms with Crippen molar-refractivity contribution in [3.63, 3.8) is 0 Å². The minimum absolute atomic E-state index is 0.00928. The van der Waals surface area contributed by atoms with E-state index in [1.54, 1.807) is 80.7 Å². The zero-order valence-electron chi connectivity index (χ0n) is 75.7. The molecule has 5 heterocycles. The highest BCUT2D eigenvalue weighted by Crippen LogP contribution is 2.24. The van der Waals surface area contributed by atoms with E-state index in [-0.39, 0.29) is 139 Å². The number of unbranched alkanes of at least 4 members (excludes halogenated alkanes) is 3. The number of para-hydroxylation sites is 1. The van der Waals surface area contributed by atoms with Crippen LogP contribution in [0, 0.1) is 5.92 Å². The number of nitrogens with two attached hydrogens (primary N) is 1. The maximum Gasteiger partial charge on any atom is 0.272 e. The Morgan fingerprint density at radius 3 is 1.63 bits per heavy atom. The Hall–Kier alpha value is -13.4. The van der Waals surface area contributed by atoms with Crippen LogP contribution in [0.3, 0.4) is 0 Å². The Balaban J connectivity index is 1.10. The van der Waals surface area contributed by atoms with E-state index in [0.717, 1.165) is 10.3 Å². The molecule has 37 nitrogen and oxygen atoms in total. The highest BCUT2D eigenvalue weighted by atomic mass is 35.5. The second-order valence-corrected chi connectivity index (χ2v) is 34.0. The summed E-state index contributed by atoms with van der Waals surface area (Å²) in [5, 5.41) is 56.5. The first kappa shape index (κ1) is 104. The number of carbonyl (C=O) groups is 15. The number of aromatic nitrogens is 4. The number of fused-ring (bicyclic) bond motifs is 1. The van der Waals surface area contributed by atoms with Crippen LogP contribution in [-0.2, 0) is 88.0 Å². The molecule has 16 N–H and O–H groups in total. The van der Waals surface area contributed by atoms with Gasteiger partial charge in [-0.2, -0.15) is 0 Å². The predicted octanol–water partition coefficient (Wildman–Crippen LogP) is 2.62. The number of phenols is 1. The number of benzene rings is 3. The standard InChI is InChI=1S/C94H123ClN20O17/c1-57(2)47-74(86(124)108-73(30-15-16-41-98-58(3)4)94(132)115-46-22-31-79(115)90(128)104-59(5)82(96)120)109-85(123)70(27-13-20-45-102-83(121)69-26-11-17-42-99-69)106-84(122)71(28-12-19-44-101-81(119)55-113(7)92(130)72-29-14-18-43-100-72)107-91(129)80(52-62-34-38-67(118)39-35-62)114(8)93(131)78(56-116)112-89(127)77(50-63-23-21-40-97-53-63)111-88(126)76(49-61-32-36-66(95)37-33-61)110-87(125)75(105-60(6)117)51-64-48-65-24-9-10-25-68(65)103-54-64/h9-11,14,17-18,21,23-26,29,32-40,42-43,48,53-54,57-59,70-71,73-80,98,116,118H,12-13,15-16,19-20,22,27-28,30-31,41,44-47,49-52,55-56H2,1-8H3,(H2,96,120)(H,101,119)(H,102,121)(H,104,128)(H,105,117)(H,106,122)(H,107,129)(H,108,124)(H,109,123)(H,110,125)(H,111,126)(H,112,127)/t59-,70-,71+,73+,74+,75-,76-,77-,78+,79+,80+/m1/s1. The van der Waals surface area contributed by atoms with Gasteiger partial charge in [0.1, 0.15) is 83.6 Å². The van der Waals surface area contributed by atoms with Gasteiger partial charge in [-0.05, 0) is 185 Å². The van der Waals surface area contributed by atoms with Crippen LogP contribution in [0.4, 0.5) is 0 Å². The number of amides is 15. The van der Waals surface area contributed by atoms with Crippen molar-refractivity contribution >= 4 is 111 Å². The van der Waals surface area contributed by atoms with Crippen LogP contribution in [0.2, 0.25) is 5.02 Å². The summed E-state index contributed by atoms with van der Waals surface area (Å²) >= 11 is 6.29. The third-order valence-electron chi connectivity index (χ3n) is 22.1. The number of hydrogen-bond acceptors (Lipinski definition) is 22. The molecule has 4 aromatic heterocycles. The smallest absolute Gasteiger partial charge is 0.272 e. The number of halogens is 1. The number of aliphatic hydroxyl groups is 1. The Morgan fingerprint density at radius 2 is 1.04 bits per heavy atom. The van der Waals surface area contributed by atoms with Crippen molar-refractivity contribution in [2.24, 2.45) is 11.7 Å². The van der Waals surface area contributed by atoms with Crippen LogP contribution < -0.4 is 69.5 Å². The molecule has 1 aliphatic heterocycles. The molecule has 7 aromatic rings. The molecular formula is C94H123ClN20O17. The molecule has 38 heteroatoms. The fourth-order valence-electron chi connectivity index (χ4n) is 14.9. The van der Waals surface area contributed by atoms with Gasteiger partial charge >= 0.3 is 0 Å². The van der Waals surface area contributed by atoms with Gasteiger partial charge in [0.15, 0.2) is 0 Å². The van der Waals surface area contributed by atoms with E-state index in [9.17, 15) is 48.6 Å². The van der Waals surface area contributed by atoms with E-state index in [0.29, 0.717) is 58.6 Å². The SMILES string of the molecule is CC(=O)N[C@H](Cc1cnc2ccccc2c1)C(=O)N[C@H](Cc1ccc(Cl)cc1)C(=O)N[C@H](Cc1cccnc1)C(=O)N[C@@H](CO)C(=O)N(C)[C@@H](Cc1ccc(O)cc1)C(=O)N[C@@H](CCCCNC(=O)CN(C)C(=O)c1ccccn1)C(=O)N[C@H](CCCCNC(=O)c1ccccn1)C(=O)N[C@@H](CC(C)C)C(=O)N[C@@H](CCCCNC(C)C)C(=O)N1CCC[C@H]1C(=O)N[C@H](C)C(N)=O. The lowest BCUT2D eigenvalue weighted by molar-refractivity contribution is -0.144. The van der Waals surface area contributed by atoms with E-state index in [4.69, 9.17) is 17.3 Å². The number of pyridine rings is 4. The molecule has 1 aliphatic rings. The molecule has 0 saturated carbocycles. The van der Waals surface area contributed by atoms with E-state index in [1.807, 2.05) is 44.2 Å². The van der Waals surface area contributed by atoms with Gasteiger partial charge in [0.2, 0.25) is 76.8 Å². The molecule has 11 atom stereocenters. The van der Waals surface area contributed by atoms with Gasteiger partial charge in [-0.15, -0.1) is 0 Å². The number of likely N-dealkylation sites (tertiary alicyclic amines) is 1. The molecule has 1 fully saturated rings. The normalized spacial score (nSPS) is 14.6. The van der Waals surface area contributed by atoms with E-state index in [2.05, 4.69) is 83.7 Å². The van der Waals surface area contributed by atoms with Crippen LogP contribution in [0.1, 0.15) is 162 Å². The van der Waals surface area contributed by atoms with Crippen LogP contribution in [0.15, 0.2) is 158 Å². The average Bonchev–Trinajstić information content (AvgIpc) is 1.78. The first-order chi connectivity index (χ1) is 63.1. The molecular weight excluding hydrogens is 1720 g/mol. The highest BCUT2D eigenvalue weighted by Gasteiger charge is 2.42. The number of nitrogens with zero attached hydrogens (tertiary/aromatic N) is 7. The van der Waals surface area contributed by atoms with Gasteiger partial charge in [-0.25, -0.2) is 0 Å². The molecule has 0 aliphatic carbocycles. The van der Waals surface area contributed by atoms with Gasteiger partial charge in [0.05, 0.1) is 18.7 Å². The Labute approximate surface area is 772 Å². The summed E-state index contributed by atoms with van der Waals surface area (Å²) in [6.45, 7) is 9.49. The van der Waals surface area contributed by atoms with Gasteiger partial charge in [0.25, 0.3) is 11.8 Å². The van der Waals surface area contributed by atoms with Crippen molar-refractivity contribution < 1.29 is 82.1 Å². The lowest BCUT2D eigenvalue weighted by atomic mass is 10.00. The lowest BCUT2D eigenvalue weighted by Gasteiger charge is -2.32. The maximum absolute atomic E-state index is 15.7. The number of rotatable bonds is 52. The van der Waals surface area contributed by atoms with Crippen LogP contribution in [0.25, 0.3) is 10.9 Å². The van der Waals surface area contributed by atoms with Crippen molar-refractivity contribution in [1.82, 2.24) is 98.4 Å². The van der Waals surface area contributed by atoms with Crippen LogP contribution >= 0.6 is 11.6 Å². The molecule has 3 aromatic carbocycles. The van der Waals surface area contributed by atoms with Crippen LogP contribution in [0.5, 0.6) is 5.75 Å². The number of nitrogens with one attached hydrogen (secondary N) is 12. The number of phenolic OH excluding ortho intramolecular Hbond substituents is 1. The minimum Gasteiger partial charge on any atom is -0.508 e. The molecule has 8 rings (SSSR count). The zero-order chi connectivity index (χ0) is 95.9. The minimum atomic E-state index is -1.90. The largest absolute Gasteiger partial charge is 0.508 e. The maximum atomic E-state index is 15.7. The van der Waals surface area contributed by atoms with E-state index < -0.39 is 162 Å². The molecule has 0 spiro atoms. The lowest BCUT2D eigenvalue weighted by Crippen LogP contribution is -2.62. The van der Waals surface area contributed by atoms with E-state index in [1.165, 1.54) is 98.9 Å². The summed E-state index contributed by atoms with van der Waals surface area (Å²) < 4.78 is 0. The summed E-state index contributed by atoms with van der Waals surface area (Å²) in [5.41, 5.74) is 8.25. The summed E-state index contributed by atoms with van der Waals surface area (Å²) in [7, 11) is 2.63. The van der Waals surface area contributed by atoms with Crippen molar-refractivity contribution in [2.75, 3.05) is 53.4 Å². The molecule has 1 saturated heterocycles. The average molecular weight is 1840 g/mol. The van der Waals surface area contributed by atoms with Gasteiger partial charge < -0.3 is 94.4 Å². The Morgan fingerprint density at radius 1 is 0.515 bits per heavy atom. The molecule has 708 valence electrons. The monoisotopic (exact) mass is 1840 g/mol. The molecule has 15 amide bonds. The molecule has 0 radical (unpaired) electrons. The molecule has 0 bridgehead atoms. The first-order valence-electron chi connectivity index (χ1n) is 44.4. The topological polar surface area (TPSA) is 528 Å². The summed E-state index contributed by atoms with van der Waals surface area (Å²) in [4.78, 5) is 235. The first-order valence-corrected chi connectivity index (χ1v) is 44.8. The third-order valence-corrected chi connectivity index (χ3v) is 22.4. The number of carbonyl (C=O) groups excluding carboxylic acids is 15. The fourth-order valence-corrected chi connectivity index (χ4v) is 15.1. The summed E-state index contributed by atoms with van der Waals surface area (Å²) in [5.74, 6) is -12.0. The van der Waals surface area contributed by atoms with Gasteiger partial charge in [0, 0.05) is 114 Å². The predicted molar refractivity (Wildman–Crippen MR) is 492 cm³/mol. The van der Waals surface area contributed by atoms with Gasteiger partial charge in [-0.1, -0.05) is 100.0 Å². The summed E-state index contributed by atoms with van der Waals surface area (Å²) in [6, 6.07) is 18.3. The van der Waals surface area contributed by atoms with Crippen molar-refractivity contribution in [1.29, 1.82) is 0 Å². The Kier molecular flexibility index (Phi) is 41.8. The van der Waals surface area contributed by atoms with Crippen molar-refractivity contribution in [3.8, 4) is 5.75 Å². The van der Waals surface area contributed by atoms with Crippen molar-refractivity contribution in [2.45, 2.75) is 217 Å². The Bertz CT molecular complexity index is 5050. The van der Waals surface area contributed by atoms with Crippen LogP contribution in [-0.4, -0.2) is 259 Å². The third kappa shape index (κ3) is 33.8. The second kappa shape index (κ2) is 53.0. The number of likely N-dealkylation sites (N-methyl/N-ethyl adjacent to an activating group) is 2. The second-order valence-electron chi connectivity index (χ2n) is 33.6. The van der Waals surface area contributed by atoms with Crippen molar-refractivity contribution in [3.05, 3.63) is 197 Å². The fraction of sp³-hybridized carbons (Fsp3) is 0.457. The quantitative estimate of drug-likeness (QED) is 0.0244. The van der Waals surface area contributed by atoms with Gasteiger partial charge in [-0.3, -0.25) is 91.9 Å². The van der Waals surface area contributed by atoms with E-state index >= 15 is 33.6 Å². The summed E-state index contributed by atoms with van der Waals surface area (Å²) in [6.07, 6.45) is 8.38. The molecule has 0 unspecified atom stereocenters. The number of hydrogen-bond donors (Lipinski definition) is 15. The highest BCUT2D eigenvalue weighted by molar-refractivity contribution is 6.30. The molecule has 132 heavy (non-hydrogen) atoms. The zero-order valence-corrected chi connectivity index (χ0v) is 76.4.